The Morgan fingerprint density at radius 2 is 1.57 bits per heavy atom. The van der Waals surface area contributed by atoms with Gasteiger partial charge in [-0.15, -0.1) is 0 Å². The molecule has 0 atom stereocenters. The molecule has 3 rings (SSSR count). The van der Waals surface area contributed by atoms with Crippen molar-refractivity contribution in [2.75, 3.05) is 0 Å². The Balaban J connectivity index is 1.65. The second-order valence-corrected chi connectivity index (χ2v) is 6.24. The first kappa shape index (κ1) is 15.7. The third-order valence-corrected chi connectivity index (χ3v) is 4.59. The number of aliphatic hydroxyl groups excluding tert-OH is 1. The van der Waals surface area contributed by atoms with E-state index in [1.54, 1.807) is 6.08 Å². The van der Waals surface area contributed by atoms with Crippen LogP contribution in [0.25, 0.3) is 6.08 Å². The lowest BCUT2D eigenvalue weighted by Gasteiger charge is -2.25. The molecule has 0 aliphatic heterocycles. The highest BCUT2D eigenvalue weighted by molar-refractivity contribution is 6.06. The van der Waals surface area contributed by atoms with E-state index in [9.17, 15) is 9.90 Å². The molecule has 1 N–H and O–H groups in total. The molecule has 2 aromatic carbocycles. The van der Waals surface area contributed by atoms with Crippen molar-refractivity contribution < 1.29 is 9.90 Å². The first-order chi connectivity index (χ1) is 11.2. The molecule has 1 aliphatic rings. The Hall–Kier alpha value is -2.19. The van der Waals surface area contributed by atoms with E-state index in [4.69, 9.17) is 0 Å². The summed E-state index contributed by atoms with van der Waals surface area (Å²) in [6, 6.07) is 17.8. The van der Waals surface area contributed by atoms with Crippen LogP contribution < -0.4 is 0 Å². The van der Waals surface area contributed by atoms with Gasteiger partial charge in [0.1, 0.15) is 0 Å². The molecule has 1 saturated carbocycles. The Morgan fingerprint density at radius 1 is 0.913 bits per heavy atom. The molecular weight excluding hydrogens is 284 g/mol. The van der Waals surface area contributed by atoms with Gasteiger partial charge in [-0.05, 0) is 48.8 Å². The summed E-state index contributed by atoms with van der Waals surface area (Å²) in [5.41, 5.74) is 3.02. The van der Waals surface area contributed by atoms with E-state index in [2.05, 4.69) is 12.1 Å². The molecule has 2 heteroatoms. The summed E-state index contributed by atoms with van der Waals surface area (Å²) in [6.45, 7) is 0. The van der Waals surface area contributed by atoms with Crippen molar-refractivity contribution in [2.45, 2.75) is 37.7 Å². The minimum Gasteiger partial charge on any atom is -0.393 e. The van der Waals surface area contributed by atoms with E-state index in [-0.39, 0.29) is 11.9 Å². The normalized spacial score (nSPS) is 21.4. The highest BCUT2D eigenvalue weighted by Gasteiger charge is 2.20. The molecule has 0 heterocycles. The predicted molar refractivity (Wildman–Crippen MR) is 93.5 cm³/mol. The maximum Gasteiger partial charge on any atom is 0.185 e. The number of ketones is 1. The van der Waals surface area contributed by atoms with Crippen LogP contribution in [0.5, 0.6) is 0 Å². The van der Waals surface area contributed by atoms with Crippen LogP contribution in [0.4, 0.5) is 0 Å². The van der Waals surface area contributed by atoms with Crippen molar-refractivity contribution in [1.29, 1.82) is 0 Å². The van der Waals surface area contributed by atoms with Gasteiger partial charge in [-0.25, -0.2) is 0 Å². The van der Waals surface area contributed by atoms with Crippen molar-refractivity contribution in [2.24, 2.45) is 0 Å². The zero-order chi connectivity index (χ0) is 16.1. The molecule has 1 aliphatic carbocycles. The maximum atomic E-state index is 12.2. The van der Waals surface area contributed by atoms with Gasteiger partial charge in [0.2, 0.25) is 0 Å². The fourth-order valence-electron chi connectivity index (χ4n) is 3.16. The smallest absolute Gasteiger partial charge is 0.185 e. The van der Waals surface area contributed by atoms with Crippen molar-refractivity contribution >= 4 is 11.9 Å². The van der Waals surface area contributed by atoms with Crippen LogP contribution in [-0.4, -0.2) is 17.0 Å². The summed E-state index contributed by atoms with van der Waals surface area (Å²) in [6.07, 6.45) is 7.16. The summed E-state index contributed by atoms with van der Waals surface area (Å²) >= 11 is 0. The highest BCUT2D eigenvalue weighted by Crippen LogP contribution is 2.32. The average molecular weight is 306 g/mol. The molecule has 2 nitrogen and oxygen atoms in total. The zero-order valence-electron chi connectivity index (χ0n) is 13.2. The largest absolute Gasteiger partial charge is 0.393 e. The molecule has 0 saturated heterocycles. The highest BCUT2D eigenvalue weighted by atomic mass is 16.3. The molecule has 0 aromatic heterocycles. The molecule has 0 bridgehead atoms. The van der Waals surface area contributed by atoms with E-state index < -0.39 is 0 Å². The third kappa shape index (κ3) is 4.17. The molecule has 2 aromatic rings. The monoisotopic (exact) mass is 306 g/mol. The minimum atomic E-state index is -0.129. The number of hydrogen-bond acceptors (Lipinski definition) is 2. The van der Waals surface area contributed by atoms with Crippen LogP contribution in [0.2, 0.25) is 0 Å². The second-order valence-electron chi connectivity index (χ2n) is 6.24. The molecule has 0 radical (unpaired) electrons. The topological polar surface area (TPSA) is 37.3 Å². The summed E-state index contributed by atoms with van der Waals surface area (Å²) in [5, 5.41) is 9.59. The van der Waals surface area contributed by atoms with Crippen LogP contribution >= 0.6 is 0 Å². The van der Waals surface area contributed by atoms with Gasteiger partial charge in [0.15, 0.2) is 5.78 Å². The van der Waals surface area contributed by atoms with Gasteiger partial charge in [0, 0.05) is 5.56 Å². The second kappa shape index (κ2) is 7.38. The maximum absolute atomic E-state index is 12.2. The molecule has 1 fully saturated rings. The number of carbonyl (C=O) groups excluding carboxylic acids is 1. The van der Waals surface area contributed by atoms with Crippen molar-refractivity contribution in [3.63, 3.8) is 0 Å². The molecule has 118 valence electrons. The first-order valence-electron chi connectivity index (χ1n) is 8.28. The molecule has 0 amide bonds. The number of allylic oxidation sites excluding steroid dienone is 1. The standard InChI is InChI=1S/C21H22O2/c22-20-13-11-18(12-14-20)17-7-9-19(10-8-17)21(23)15-6-16-4-2-1-3-5-16/h1-10,15,18,20,22H,11-14H2. The van der Waals surface area contributed by atoms with Crippen LogP contribution in [0.3, 0.4) is 0 Å². The van der Waals surface area contributed by atoms with E-state index in [1.165, 1.54) is 5.56 Å². The molecule has 23 heavy (non-hydrogen) atoms. The quantitative estimate of drug-likeness (QED) is 0.662. The number of carbonyl (C=O) groups is 1. The van der Waals surface area contributed by atoms with Crippen LogP contribution in [-0.2, 0) is 0 Å². The first-order valence-corrected chi connectivity index (χ1v) is 8.28. The predicted octanol–water partition coefficient (Wildman–Crippen LogP) is 4.60. The number of rotatable bonds is 4. The van der Waals surface area contributed by atoms with E-state index in [0.717, 1.165) is 36.8 Å². The van der Waals surface area contributed by atoms with E-state index >= 15 is 0 Å². The fourth-order valence-corrected chi connectivity index (χ4v) is 3.16. The Bertz CT molecular complexity index is 663. The van der Waals surface area contributed by atoms with Crippen molar-refractivity contribution in [3.8, 4) is 0 Å². The van der Waals surface area contributed by atoms with Gasteiger partial charge >= 0.3 is 0 Å². The van der Waals surface area contributed by atoms with Crippen LogP contribution in [0.15, 0.2) is 60.7 Å². The summed E-state index contributed by atoms with van der Waals surface area (Å²) in [4.78, 5) is 12.2. The number of hydrogen-bond donors (Lipinski definition) is 1. The van der Waals surface area contributed by atoms with Gasteiger partial charge in [-0.1, -0.05) is 60.7 Å². The molecular formula is C21H22O2. The Morgan fingerprint density at radius 3 is 2.22 bits per heavy atom. The van der Waals surface area contributed by atoms with Crippen molar-refractivity contribution in [3.05, 3.63) is 77.4 Å². The van der Waals surface area contributed by atoms with Crippen molar-refractivity contribution in [1.82, 2.24) is 0 Å². The number of aliphatic hydroxyl groups is 1. The lowest BCUT2D eigenvalue weighted by atomic mass is 9.82. The minimum absolute atomic E-state index is 0.0273. The van der Waals surface area contributed by atoms with E-state index in [1.807, 2.05) is 48.5 Å². The molecule has 0 spiro atoms. The van der Waals surface area contributed by atoms with Gasteiger partial charge in [-0.2, -0.15) is 0 Å². The lowest BCUT2D eigenvalue weighted by molar-refractivity contribution is 0.104. The average Bonchev–Trinajstić information content (AvgIpc) is 2.61. The summed E-state index contributed by atoms with van der Waals surface area (Å²) < 4.78 is 0. The van der Waals surface area contributed by atoms with Gasteiger partial charge in [0.25, 0.3) is 0 Å². The zero-order valence-corrected chi connectivity index (χ0v) is 13.2. The van der Waals surface area contributed by atoms with Gasteiger partial charge < -0.3 is 5.11 Å². The fraction of sp³-hybridized carbons (Fsp3) is 0.286. The Kier molecular flexibility index (Phi) is 5.04. The van der Waals surface area contributed by atoms with Crippen LogP contribution in [0.1, 0.15) is 53.1 Å². The lowest BCUT2D eigenvalue weighted by Crippen LogP contribution is -2.16. The Labute approximate surface area is 137 Å². The SMILES string of the molecule is O=C(C=Cc1ccccc1)c1ccc(C2CCC(O)CC2)cc1. The number of benzene rings is 2. The van der Waals surface area contributed by atoms with E-state index in [0.29, 0.717) is 5.92 Å². The van der Waals surface area contributed by atoms with Crippen LogP contribution in [0, 0.1) is 0 Å². The van der Waals surface area contributed by atoms with Gasteiger partial charge in [0.05, 0.1) is 6.10 Å². The molecule has 0 unspecified atom stereocenters. The third-order valence-electron chi connectivity index (χ3n) is 4.59. The summed E-state index contributed by atoms with van der Waals surface area (Å²) in [5.74, 6) is 0.543. The summed E-state index contributed by atoms with van der Waals surface area (Å²) in [7, 11) is 0. The van der Waals surface area contributed by atoms with Gasteiger partial charge in [-0.3, -0.25) is 4.79 Å².